The van der Waals surface area contributed by atoms with Crippen LogP contribution in [-0.2, 0) is 0 Å². The Labute approximate surface area is 171 Å². The number of alkyl halides is 6. The molecule has 4 nitrogen and oxygen atoms in total. The molecule has 1 aromatic heterocycles. The van der Waals surface area contributed by atoms with Crippen molar-refractivity contribution in [1.82, 2.24) is 5.32 Å². The van der Waals surface area contributed by atoms with Gasteiger partial charge in [0, 0.05) is 11.1 Å². The van der Waals surface area contributed by atoms with E-state index in [1.54, 1.807) is 0 Å². The third-order valence-corrected chi connectivity index (χ3v) is 4.35. The lowest BCUT2D eigenvalue weighted by molar-refractivity contribution is -0.376. The number of anilines is 1. The van der Waals surface area contributed by atoms with E-state index in [0.29, 0.717) is 11.3 Å². The Bertz CT molecular complexity index is 896. The number of hydrogen-bond donors (Lipinski definition) is 2. The van der Waals surface area contributed by atoms with Gasteiger partial charge in [-0.2, -0.15) is 26.3 Å². The fourth-order valence-electron chi connectivity index (χ4n) is 2.55. The maximum Gasteiger partial charge on any atom is 0.462 e. The van der Waals surface area contributed by atoms with Crippen molar-refractivity contribution in [2.45, 2.75) is 31.9 Å². The Balaban J connectivity index is 2.58. The lowest BCUT2D eigenvalue weighted by atomic mass is 10.1. The van der Waals surface area contributed by atoms with Crippen LogP contribution in [0.1, 0.15) is 21.6 Å². The normalized spacial score (nSPS) is 12.6. The second kappa shape index (κ2) is 7.91. The van der Waals surface area contributed by atoms with Crippen LogP contribution in [0.3, 0.4) is 0 Å². The molecule has 1 heterocycles. The van der Waals surface area contributed by atoms with Gasteiger partial charge in [-0.25, -0.2) is 10.3 Å². The average molecular weight is 461 g/mol. The maximum atomic E-state index is 13.7. The first-order valence-corrected chi connectivity index (χ1v) is 8.61. The lowest BCUT2D eigenvalue weighted by Gasteiger charge is -2.34. The molecule has 1 amide bonds. The highest BCUT2D eigenvalue weighted by Gasteiger charge is 2.76. The first-order valence-electron chi connectivity index (χ1n) is 7.86. The monoisotopic (exact) mass is 460 g/mol. The zero-order valence-corrected chi connectivity index (χ0v) is 16.3. The number of carbonyl (C=O) groups is 1. The second-order valence-corrected chi connectivity index (χ2v) is 7.05. The largest absolute Gasteiger partial charge is 0.462 e. The third-order valence-electron chi connectivity index (χ3n) is 3.80. The number of hydrogen-bond acceptors (Lipinski definition) is 2. The van der Waals surface area contributed by atoms with E-state index in [4.69, 9.17) is 23.2 Å². The lowest BCUT2D eigenvalue weighted by Crippen LogP contribution is -2.72. The van der Waals surface area contributed by atoms with Crippen molar-refractivity contribution in [3.63, 3.8) is 0 Å². The van der Waals surface area contributed by atoms with Crippen molar-refractivity contribution < 1.29 is 36.1 Å². The van der Waals surface area contributed by atoms with Crippen molar-refractivity contribution >= 4 is 34.9 Å². The summed E-state index contributed by atoms with van der Waals surface area (Å²) >= 11 is 11.4. The standard InChI is InChI=1S/C17H13Cl2F6N3O/c1-8-5-9(2)26-13(6-8)27-15(16(20,21)22,17(23,24)25)28-14(29)11-4-3-10(18)7-12(11)19/h3-7H,1-2H3,(H,26,27)(H,28,29)/p+1. The summed E-state index contributed by atoms with van der Waals surface area (Å²) in [6.45, 7) is 2.94. The smallest absolute Gasteiger partial charge is 0.296 e. The molecule has 0 aliphatic carbocycles. The molecule has 29 heavy (non-hydrogen) atoms. The molecule has 0 aliphatic rings. The highest BCUT2D eigenvalue weighted by molar-refractivity contribution is 6.36. The van der Waals surface area contributed by atoms with Gasteiger partial charge < -0.3 is 0 Å². The van der Waals surface area contributed by atoms with E-state index in [2.05, 4.69) is 4.98 Å². The number of aromatic amines is 1. The third kappa shape index (κ3) is 4.87. The van der Waals surface area contributed by atoms with Gasteiger partial charge in [0.25, 0.3) is 11.7 Å². The number of amides is 1. The summed E-state index contributed by atoms with van der Waals surface area (Å²) in [5, 5.41) is 2.04. The Morgan fingerprint density at radius 1 is 0.966 bits per heavy atom. The second-order valence-electron chi connectivity index (χ2n) is 6.20. The van der Waals surface area contributed by atoms with Gasteiger partial charge in [0.1, 0.15) is 0 Å². The molecule has 0 radical (unpaired) electrons. The topological polar surface area (TPSA) is 55.3 Å². The van der Waals surface area contributed by atoms with E-state index >= 15 is 0 Å². The summed E-state index contributed by atoms with van der Waals surface area (Å²) < 4.78 is 82.4. The molecule has 0 spiro atoms. The number of aromatic nitrogens is 1. The number of aryl methyl sites for hydroxylation is 2. The summed E-state index contributed by atoms with van der Waals surface area (Å²) in [6.07, 6.45) is -11.9. The van der Waals surface area contributed by atoms with Crippen molar-refractivity contribution in [2.24, 2.45) is 0 Å². The number of halogens is 8. The molecule has 1 aromatic carbocycles. The minimum Gasteiger partial charge on any atom is -0.296 e. The Morgan fingerprint density at radius 3 is 2.03 bits per heavy atom. The minimum atomic E-state index is -5.97. The van der Waals surface area contributed by atoms with Gasteiger partial charge in [0.15, 0.2) is 0 Å². The van der Waals surface area contributed by atoms with Gasteiger partial charge in [-0.3, -0.25) is 10.1 Å². The number of pyridine rings is 1. The van der Waals surface area contributed by atoms with Crippen molar-refractivity contribution in [3.8, 4) is 0 Å². The van der Waals surface area contributed by atoms with Crippen LogP contribution >= 0.6 is 23.2 Å². The molecule has 0 fully saturated rings. The predicted octanol–water partition coefficient (Wildman–Crippen LogP) is 5.09. The first kappa shape index (κ1) is 23.1. The Hall–Kier alpha value is -2.20. The zero-order valence-electron chi connectivity index (χ0n) is 14.8. The van der Waals surface area contributed by atoms with Crippen LogP contribution < -0.4 is 15.6 Å². The van der Waals surface area contributed by atoms with Crippen LogP contribution in [0.5, 0.6) is 0 Å². The molecule has 0 atom stereocenters. The molecule has 0 unspecified atom stereocenters. The molecule has 0 saturated heterocycles. The van der Waals surface area contributed by atoms with E-state index in [9.17, 15) is 31.1 Å². The van der Waals surface area contributed by atoms with Gasteiger partial charge in [-0.05, 0) is 43.7 Å². The van der Waals surface area contributed by atoms with Gasteiger partial charge >= 0.3 is 18.0 Å². The maximum absolute atomic E-state index is 13.7. The number of carbonyl (C=O) groups excluding carboxylic acids is 1. The van der Waals surface area contributed by atoms with Crippen LogP contribution in [0.25, 0.3) is 0 Å². The summed E-state index contributed by atoms with van der Waals surface area (Å²) in [7, 11) is 0. The van der Waals surface area contributed by atoms with Crippen LogP contribution in [0, 0.1) is 13.8 Å². The molecular weight excluding hydrogens is 447 g/mol. The van der Waals surface area contributed by atoms with Crippen molar-refractivity contribution in [3.05, 3.63) is 57.2 Å². The number of rotatable bonds is 4. The minimum absolute atomic E-state index is 0.0485. The van der Waals surface area contributed by atoms with Gasteiger partial charge in [-0.1, -0.05) is 23.2 Å². The van der Waals surface area contributed by atoms with Crippen molar-refractivity contribution in [2.75, 3.05) is 5.32 Å². The highest BCUT2D eigenvalue weighted by Crippen LogP contribution is 2.43. The van der Waals surface area contributed by atoms with Gasteiger partial charge in [0.05, 0.1) is 16.3 Å². The van der Waals surface area contributed by atoms with Gasteiger partial charge in [-0.15, -0.1) is 0 Å². The summed E-state index contributed by atoms with van der Waals surface area (Å²) in [5.41, 5.74) is -4.71. The van der Waals surface area contributed by atoms with Crippen molar-refractivity contribution in [1.29, 1.82) is 0 Å². The fraction of sp³-hybridized carbons (Fsp3) is 0.294. The van der Waals surface area contributed by atoms with E-state index in [-0.39, 0.29) is 5.02 Å². The molecule has 0 bridgehead atoms. The fourth-order valence-corrected chi connectivity index (χ4v) is 3.05. The average Bonchev–Trinajstić information content (AvgIpc) is 2.50. The van der Waals surface area contributed by atoms with E-state index in [1.807, 2.05) is 0 Å². The number of nitrogens with one attached hydrogen (secondary N) is 3. The van der Waals surface area contributed by atoms with E-state index in [0.717, 1.165) is 29.6 Å². The van der Waals surface area contributed by atoms with E-state index < -0.39 is 40.3 Å². The van der Waals surface area contributed by atoms with Crippen LogP contribution in [0.2, 0.25) is 10.0 Å². The number of benzene rings is 1. The summed E-state index contributed by atoms with van der Waals surface area (Å²) in [4.78, 5) is 14.7. The molecule has 0 aliphatic heterocycles. The first-order chi connectivity index (χ1) is 13.2. The molecule has 12 heteroatoms. The molecule has 3 N–H and O–H groups in total. The molecule has 0 saturated carbocycles. The van der Waals surface area contributed by atoms with Gasteiger partial charge in [0.2, 0.25) is 0 Å². The zero-order chi connectivity index (χ0) is 22.2. The molecule has 158 valence electrons. The SMILES string of the molecule is Cc1cc(C)[nH+]c(NC(NC(=O)c2ccc(Cl)cc2Cl)(C(F)(F)F)C(F)(F)F)c1. The number of H-pyrrole nitrogens is 1. The Kier molecular flexibility index (Phi) is 6.29. The summed E-state index contributed by atoms with van der Waals surface area (Å²) in [5.74, 6) is -2.29. The van der Waals surface area contributed by atoms with Crippen LogP contribution in [-0.4, -0.2) is 23.9 Å². The van der Waals surface area contributed by atoms with Crippen LogP contribution in [0.15, 0.2) is 30.3 Å². The predicted molar refractivity (Wildman–Crippen MR) is 94.9 cm³/mol. The molecule has 2 aromatic rings. The highest BCUT2D eigenvalue weighted by atomic mass is 35.5. The Morgan fingerprint density at radius 2 is 1.55 bits per heavy atom. The van der Waals surface area contributed by atoms with E-state index in [1.165, 1.54) is 25.2 Å². The quantitative estimate of drug-likeness (QED) is 0.493. The summed E-state index contributed by atoms with van der Waals surface area (Å²) in [6, 6.07) is 5.60. The molecular formula is C17H14Cl2F6N3O+. The van der Waals surface area contributed by atoms with Crippen LogP contribution in [0.4, 0.5) is 32.2 Å². The molecule has 2 rings (SSSR count).